The normalized spacial score (nSPS) is 10.1. The lowest BCUT2D eigenvalue weighted by Crippen LogP contribution is -2.28. The highest BCUT2D eigenvalue weighted by Crippen LogP contribution is 1.92. The maximum absolute atomic E-state index is 11.3. The van der Waals surface area contributed by atoms with Crippen LogP contribution in [0.5, 0.6) is 0 Å². The van der Waals surface area contributed by atoms with Gasteiger partial charge in [-0.25, -0.2) is 4.98 Å². The van der Waals surface area contributed by atoms with Gasteiger partial charge in [0.05, 0.1) is 6.20 Å². The van der Waals surface area contributed by atoms with Crippen molar-refractivity contribution in [3.63, 3.8) is 0 Å². The molecule has 1 amide bonds. The predicted molar refractivity (Wildman–Crippen MR) is 49.2 cm³/mol. The van der Waals surface area contributed by atoms with Crippen molar-refractivity contribution in [2.45, 2.75) is 13.8 Å². The zero-order valence-electron chi connectivity index (χ0n) is 7.82. The first kappa shape index (κ1) is 9.64. The van der Waals surface area contributed by atoms with Crippen molar-refractivity contribution in [2.24, 2.45) is 5.92 Å². The van der Waals surface area contributed by atoms with Crippen LogP contribution in [-0.4, -0.2) is 22.4 Å². The van der Waals surface area contributed by atoms with Crippen LogP contribution in [0.3, 0.4) is 0 Å². The fourth-order valence-electron chi connectivity index (χ4n) is 0.804. The van der Waals surface area contributed by atoms with Gasteiger partial charge in [0, 0.05) is 18.9 Å². The van der Waals surface area contributed by atoms with Crippen LogP contribution >= 0.6 is 0 Å². The van der Waals surface area contributed by atoms with Crippen LogP contribution in [-0.2, 0) is 0 Å². The van der Waals surface area contributed by atoms with Gasteiger partial charge in [0.2, 0.25) is 0 Å². The van der Waals surface area contributed by atoms with Crippen LogP contribution in [0, 0.1) is 5.92 Å². The molecule has 1 aromatic heterocycles. The molecule has 0 radical (unpaired) electrons. The molecule has 70 valence electrons. The van der Waals surface area contributed by atoms with Gasteiger partial charge in [0.25, 0.3) is 5.91 Å². The Morgan fingerprint density at radius 2 is 2.31 bits per heavy atom. The topological polar surface area (TPSA) is 54.9 Å². The van der Waals surface area contributed by atoms with Crippen LogP contribution in [0.4, 0.5) is 0 Å². The lowest BCUT2D eigenvalue weighted by molar-refractivity contribution is 0.0943. The summed E-state index contributed by atoms with van der Waals surface area (Å²) in [6.07, 6.45) is 4.50. The number of rotatable bonds is 3. The summed E-state index contributed by atoms with van der Waals surface area (Å²) in [4.78, 5) is 19.0. The molecule has 13 heavy (non-hydrogen) atoms. The zero-order chi connectivity index (χ0) is 9.68. The van der Waals surface area contributed by atoms with Crippen molar-refractivity contribution in [3.05, 3.63) is 24.3 Å². The van der Waals surface area contributed by atoms with Gasteiger partial charge in [-0.1, -0.05) is 13.8 Å². The molecule has 0 bridgehead atoms. The molecule has 0 saturated carbocycles. The number of nitrogens with one attached hydrogen (secondary N) is 1. The fourth-order valence-corrected chi connectivity index (χ4v) is 0.804. The first-order valence-corrected chi connectivity index (χ1v) is 4.24. The molecule has 0 saturated heterocycles. The quantitative estimate of drug-likeness (QED) is 0.748. The van der Waals surface area contributed by atoms with Gasteiger partial charge >= 0.3 is 0 Å². The summed E-state index contributed by atoms with van der Waals surface area (Å²) in [5.41, 5.74) is 0.364. The molecule has 0 aliphatic heterocycles. The van der Waals surface area contributed by atoms with Crippen LogP contribution in [0.1, 0.15) is 24.3 Å². The highest BCUT2D eigenvalue weighted by molar-refractivity contribution is 5.91. The minimum absolute atomic E-state index is 0.165. The standard InChI is InChI=1S/C9H13N3O/c1-7(2)5-12-9(13)8-6-10-3-4-11-8/h3-4,6-7H,5H2,1-2H3,(H,12,13). The Hall–Kier alpha value is -1.45. The Morgan fingerprint density at radius 1 is 1.54 bits per heavy atom. The maximum atomic E-state index is 11.3. The molecule has 1 heterocycles. The van der Waals surface area contributed by atoms with E-state index in [0.717, 1.165) is 0 Å². The van der Waals surface area contributed by atoms with Gasteiger partial charge in [-0.2, -0.15) is 0 Å². The van der Waals surface area contributed by atoms with Crippen molar-refractivity contribution in [2.75, 3.05) is 6.54 Å². The summed E-state index contributed by atoms with van der Waals surface area (Å²) in [6.45, 7) is 4.74. The van der Waals surface area contributed by atoms with Crippen molar-refractivity contribution in [3.8, 4) is 0 Å². The summed E-state index contributed by atoms with van der Waals surface area (Å²) in [7, 11) is 0. The number of carbonyl (C=O) groups excluding carboxylic acids is 1. The van der Waals surface area contributed by atoms with Crippen molar-refractivity contribution < 1.29 is 4.79 Å². The van der Waals surface area contributed by atoms with Crippen LogP contribution in [0.25, 0.3) is 0 Å². The van der Waals surface area contributed by atoms with Gasteiger partial charge in [0.1, 0.15) is 5.69 Å². The van der Waals surface area contributed by atoms with Crippen molar-refractivity contribution >= 4 is 5.91 Å². The molecule has 1 N–H and O–H groups in total. The second-order valence-corrected chi connectivity index (χ2v) is 3.19. The molecule has 4 heteroatoms. The third kappa shape index (κ3) is 3.19. The first-order valence-electron chi connectivity index (χ1n) is 4.24. The number of hydrogen-bond donors (Lipinski definition) is 1. The molecule has 1 rings (SSSR count). The van der Waals surface area contributed by atoms with Crippen molar-refractivity contribution in [1.82, 2.24) is 15.3 Å². The molecule has 0 spiro atoms. The molecule has 0 unspecified atom stereocenters. The number of hydrogen-bond acceptors (Lipinski definition) is 3. The van der Waals surface area contributed by atoms with E-state index in [-0.39, 0.29) is 5.91 Å². The van der Waals surface area contributed by atoms with Gasteiger partial charge < -0.3 is 5.32 Å². The minimum Gasteiger partial charge on any atom is -0.350 e. The van der Waals surface area contributed by atoms with E-state index in [4.69, 9.17) is 0 Å². The molecule has 0 aliphatic carbocycles. The van der Waals surface area contributed by atoms with Crippen molar-refractivity contribution in [1.29, 1.82) is 0 Å². The van der Waals surface area contributed by atoms with Crippen LogP contribution < -0.4 is 5.32 Å². The molecular weight excluding hydrogens is 166 g/mol. The van der Waals surface area contributed by atoms with E-state index in [9.17, 15) is 4.79 Å². The number of nitrogens with zero attached hydrogens (tertiary/aromatic N) is 2. The summed E-state index contributed by atoms with van der Waals surface area (Å²) in [5.74, 6) is 0.280. The Labute approximate surface area is 77.4 Å². The van der Waals surface area contributed by atoms with E-state index in [1.54, 1.807) is 6.20 Å². The number of aromatic nitrogens is 2. The Kier molecular flexibility index (Phi) is 3.37. The molecule has 0 aromatic carbocycles. The third-order valence-corrected chi connectivity index (χ3v) is 1.47. The molecule has 4 nitrogen and oxygen atoms in total. The van der Waals surface area contributed by atoms with Crippen LogP contribution in [0.15, 0.2) is 18.6 Å². The van der Waals surface area contributed by atoms with E-state index in [1.807, 2.05) is 13.8 Å². The molecule has 0 aliphatic rings. The number of amides is 1. The van der Waals surface area contributed by atoms with E-state index in [0.29, 0.717) is 18.2 Å². The third-order valence-electron chi connectivity index (χ3n) is 1.47. The Morgan fingerprint density at radius 3 is 2.85 bits per heavy atom. The van der Waals surface area contributed by atoms with Gasteiger partial charge in [-0.15, -0.1) is 0 Å². The predicted octanol–water partition coefficient (Wildman–Crippen LogP) is 0.862. The molecule has 0 atom stereocenters. The molecule has 0 fully saturated rings. The summed E-state index contributed by atoms with van der Waals surface area (Å²) >= 11 is 0. The maximum Gasteiger partial charge on any atom is 0.271 e. The van der Waals surface area contributed by atoms with E-state index >= 15 is 0 Å². The lowest BCUT2D eigenvalue weighted by Gasteiger charge is -2.05. The monoisotopic (exact) mass is 179 g/mol. The fraction of sp³-hybridized carbons (Fsp3) is 0.444. The zero-order valence-corrected chi connectivity index (χ0v) is 7.82. The highest BCUT2D eigenvalue weighted by atomic mass is 16.1. The summed E-state index contributed by atoms with van der Waals surface area (Å²) in [6, 6.07) is 0. The van der Waals surface area contributed by atoms with Gasteiger partial charge in [-0.05, 0) is 5.92 Å². The minimum atomic E-state index is -0.165. The van der Waals surface area contributed by atoms with Gasteiger partial charge in [-0.3, -0.25) is 9.78 Å². The summed E-state index contributed by atoms with van der Waals surface area (Å²) < 4.78 is 0. The average molecular weight is 179 g/mol. The second kappa shape index (κ2) is 4.54. The Bertz CT molecular complexity index is 271. The van der Waals surface area contributed by atoms with E-state index in [2.05, 4.69) is 15.3 Å². The van der Waals surface area contributed by atoms with Gasteiger partial charge in [0.15, 0.2) is 0 Å². The van der Waals surface area contributed by atoms with E-state index in [1.165, 1.54) is 12.4 Å². The molecule has 1 aromatic rings. The lowest BCUT2D eigenvalue weighted by atomic mass is 10.2. The number of carbonyl (C=O) groups is 1. The first-order chi connectivity index (χ1) is 6.20. The summed E-state index contributed by atoms with van der Waals surface area (Å²) in [5, 5.41) is 2.76. The SMILES string of the molecule is CC(C)CNC(=O)c1cnccn1. The van der Waals surface area contributed by atoms with E-state index < -0.39 is 0 Å². The smallest absolute Gasteiger partial charge is 0.271 e. The second-order valence-electron chi connectivity index (χ2n) is 3.19. The Balaban J connectivity index is 2.50. The highest BCUT2D eigenvalue weighted by Gasteiger charge is 2.05. The van der Waals surface area contributed by atoms with Crippen LogP contribution in [0.2, 0.25) is 0 Å². The average Bonchev–Trinajstić information content (AvgIpc) is 2.15. The largest absolute Gasteiger partial charge is 0.350 e. The molecular formula is C9H13N3O.